The lowest BCUT2D eigenvalue weighted by molar-refractivity contribution is 0.587. The molecule has 0 unspecified atom stereocenters. The van der Waals surface area contributed by atoms with E-state index in [0.29, 0.717) is 0 Å². The van der Waals surface area contributed by atoms with Crippen LogP contribution >= 0.6 is 7.92 Å². The van der Waals surface area contributed by atoms with Crippen LogP contribution in [0.3, 0.4) is 0 Å². The number of benzene rings is 3. The van der Waals surface area contributed by atoms with Crippen LogP contribution in [-0.4, -0.2) is 0 Å². The molecule has 0 atom stereocenters. The molecule has 0 fully saturated rings. The zero-order valence-electron chi connectivity index (χ0n) is 43.5. The minimum absolute atomic E-state index is 0.680. The quantitative estimate of drug-likeness (QED) is 0.0392. The van der Waals surface area contributed by atoms with E-state index in [1.54, 1.807) is 43.7 Å². The van der Waals surface area contributed by atoms with E-state index >= 15 is 0 Å². The lowest BCUT2D eigenvalue weighted by Crippen LogP contribution is -2.28. The van der Waals surface area contributed by atoms with Crippen LogP contribution in [0.1, 0.15) is 287 Å². The van der Waals surface area contributed by atoms with Gasteiger partial charge >= 0.3 is 0 Å². The summed E-state index contributed by atoms with van der Waals surface area (Å²) in [5.74, 6) is 0. The zero-order valence-corrected chi connectivity index (χ0v) is 44.4. The van der Waals surface area contributed by atoms with Gasteiger partial charge in [-0.25, -0.2) is 0 Å². The van der Waals surface area contributed by atoms with Crippen LogP contribution < -0.4 is 15.9 Å². The fraction of sp³-hybridized carbons (Fsp3) is 0.714. The Morgan fingerprint density at radius 2 is 0.516 bits per heavy atom. The molecule has 64 heavy (non-hydrogen) atoms. The van der Waals surface area contributed by atoms with Gasteiger partial charge in [0.2, 0.25) is 0 Å². The number of hydrogen-bond donors (Lipinski definition) is 0. The largest absolute Gasteiger partial charge is 0.0654 e. The van der Waals surface area contributed by atoms with Gasteiger partial charge in [0.05, 0.1) is 0 Å². The van der Waals surface area contributed by atoms with Gasteiger partial charge in [0, 0.05) is 0 Å². The van der Waals surface area contributed by atoms with Gasteiger partial charge in [0.25, 0.3) is 0 Å². The van der Waals surface area contributed by atoms with Crippen molar-refractivity contribution < 1.29 is 0 Å². The molecular formula is C63H105P. The summed E-state index contributed by atoms with van der Waals surface area (Å²) >= 11 is 0. The molecule has 0 saturated carbocycles. The lowest BCUT2D eigenvalue weighted by atomic mass is 9.99. The van der Waals surface area contributed by atoms with Gasteiger partial charge < -0.3 is 0 Å². The maximum atomic E-state index is 2.72. The van der Waals surface area contributed by atoms with Crippen molar-refractivity contribution in [2.45, 2.75) is 291 Å². The highest BCUT2D eigenvalue weighted by Gasteiger charge is 2.25. The second-order valence-electron chi connectivity index (χ2n) is 20.2. The first-order valence-corrected chi connectivity index (χ1v) is 30.1. The molecule has 0 heterocycles. The number of hydrogen-bond acceptors (Lipinski definition) is 0. The van der Waals surface area contributed by atoms with Crippen molar-refractivity contribution in [3.63, 3.8) is 0 Å². The first kappa shape index (κ1) is 56.4. The Hall–Kier alpha value is -1.91. The van der Waals surface area contributed by atoms with E-state index in [9.17, 15) is 0 Å². The molecule has 0 aliphatic heterocycles. The summed E-state index contributed by atoms with van der Waals surface area (Å²) in [6, 6.07) is 25.8. The summed E-state index contributed by atoms with van der Waals surface area (Å²) in [7, 11) is -0.680. The van der Waals surface area contributed by atoms with Crippen molar-refractivity contribution >= 4 is 23.8 Å². The molecule has 0 radical (unpaired) electrons. The van der Waals surface area contributed by atoms with Crippen LogP contribution in [0.5, 0.6) is 0 Å². The molecule has 0 bridgehead atoms. The second-order valence-corrected chi connectivity index (χ2v) is 22.4. The van der Waals surface area contributed by atoms with Crippen molar-refractivity contribution in [1.29, 1.82) is 0 Å². The highest BCUT2D eigenvalue weighted by molar-refractivity contribution is 7.80. The fourth-order valence-electron chi connectivity index (χ4n) is 10.1. The third kappa shape index (κ3) is 24.7. The highest BCUT2D eigenvalue weighted by atomic mass is 31.1. The Balaban J connectivity index is 2.05. The summed E-state index contributed by atoms with van der Waals surface area (Å²) in [6.45, 7) is 11.7. The average Bonchev–Trinajstić information content (AvgIpc) is 3.31. The molecule has 0 spiro atoms. The van der Waals surface area contributed by atoms with Crippen molar-refractivity contribution in [1.82, 2.24) is 0 Å². The molecule has 1 heteroatoms. The van der Waals surface area contributed by atoms with Crippen molar-refractivity contribution in [2.75, 3.05) is 0 Å². The van der Waals surface area contributed by atoms with E-state index in [4.69, 9.17) is 0 Å². The molecule has 3 rings (SSSR count). The molecule has 3 aromatic rings. The van der Waals surface area contributed by atoms with Gasteiger partial charge in [-0.1, -0.05) is 288 Å². The van der Waals surface area contributed by atoms with Crippen molar-refractivity contribution in [3.8, 4) is 0 Å². The van der Waals surface area contributed by atoms with E-state index in [-0.39, 0.29) is 0 Å². The Labute approximate surface area is 401 Å². The maximum absolute atomic E-state index is 2.72. The monoisotopic (exact) mass is 893 g/mol. The van der Waals surface area contributed by atoms with E-state index in [2.05, 4.69) is 95.3 Å². The highest BCUT2D eigenvalue weighted by Crippen LogP contribution is 2.39. The van der Waals surface area contributed by atoms with Crippen LogP contribution in [0.4, 0.5) is 0 Å². The first-order valence-electron chi connectivity index (χ1n) is 28.8. The summed E-state index contributed by atoms with van der Waals surface area (Å²) in [5, 5.41) is 5.01. The molecular weight excluding hydrogens is 788 g/mol. The molecule has 0 nitrogen and oxygen atoms in total. The molecule has 0 aliphatic rings. The van der Waals surface area contributed by atoms with Crippen molar-refractivity contribution in [2.24, 2.45) is 0 Å². The standard InChI is InChI=1S/C63H105P/c1-6-11-16-21-26-31-36-43-56-50-52-62(59(54-56)47-39-34-29-24-19-14-9-4)64(61-49-42-41-46-58(61)45-38-33-28-23-18-13-8-3)63-53-51-57(44-37-32-27-22-17-12-7-2)55-60(63)48-40-35-30-25-20-15-10-5/h41-42,46,49-55H,6-40,43-45,47-48H2,1-5H3. The lowest BCUT2D eigenvalue weighted by Gasteiger charge is -2.28. The molecule has 3 aromatic carbocycles. The first-order chi connectivity index (χ1) is 31.7. The number of aryl methyl sites for hydroxylation is 5. The molecule has 0 saturated heterocycles. The van der Waals surface area contributed by atoms with Gasteiger partial charge in [-0.15, -0.1) is 0 Å². The zero-order chi connectivity index (χ0) is 45.6. The number of rotatable bonds is 43. The van der Waals surface area contributed by atoms with Gasteiger partial charge in [-0.05, 0) is 116 Å². The Bertz CT molecular complexity index is 1430. The average molecular weight is 894 g/mol. The van der Waals surface area contributed by atoms with Gasteiger partial charge in [0.1, 0.15) is 0 Å². The van der Waals surface area contributed by atoms with Crippen LogP contribution in [0.2, 0.25) is 0 Å². The third-order valence-corrected chi connectivity index (χ3v) is 17.0. The van der Waals surface area contributed by atoms with Crippen LogP contribution in [0.15, 0.2) is 60.7 Å². The summed E-state index contributed by atoms with van der Waals surface area (Å²) in [6.07, 6.45) is 54.4. The molecule has 0 aliphatic carbocycles. The van der Waals surface area contributed by atoms with Crippen LogP contribution in [0.25, 0.3) is 0 Å². The summed E-state index contributed by atoms with van der Waals surface area (Å²) < 4.78 is 0. The fourth-order valence-corrected chi connectivity index (χ4v) is 13.0. The SMILES string of the molecule is CCCCCCCCCc1ccc(P(c2ccccc2CCCCCCCCC)c2ccc(CCCCCCCCC)cc2CCCCCCCCC)c(CCCCCCCCC)c1. The Morgan fingerprint density at radius 1 is 0.250 bits per heavy atom. The molecule has 0 aromatic heterocycles. The van der Waals surface area contributed by atoms with Gasteiger partial charge in [-0.2, -0.15) is 0 Å². The predicted octanol–water partition coefficient (Wildman–Crippen LogP) is 19.9. The van der Waals surface area contributed by atoms with Gasteiger partial charge in [0.15, 0.2) is 0 Å². The predicted molar refractivity (Wildman–Crippen MR) is 294 cm³/mol. The molecule has 0 N–H and O–H groups in total. The van der Waals surface area contributed by atoms with Crippen LogP contribution in [0, 0.1) is 0 Å². The topological polar surface area (TPSA) is 0 Å². The minimum atomic E-state index is -0.680. The van der Waals surface area contributed by atoms with E-state index in [0.717, 1.165) is 0 Å². The normalized spacial score (nSPS) is 11.7. The summed E-state index contributed by atoms with van der Waals surface area (Å²) in [4.78, 5) is 0. The van der Waals surface area contributed by atoms with Crippen LogP contribution in [-0.2, 0) is 32.1 Å². The maximum Gasteiger partial charge on any atom is -0.0119 e. The smallest absolute Gasteiger partial charge is 0.0119 e. The van der Waals surface area contributed by atoms with Gasteiger partial charge in [-0.3, -0.25) is 0 Å². The molecule has 362 valence electrons. The second kappa shape index (κ2) is 39.1. The number of unbranched alkanes of at least 4 members (excludes halogenated alkanes) is 30. The van der Waals surface area contributed by atoms with E-state index in [1.165, 1.54) is 257 Å². The Kier molecular flexibility index (Phi) is 34.5. The minimum Gasteiger partial charge on any atom is -0.0654 e. The third-order valence-electron chi connectivity index (χ3n) is 14.3. The molecule has 0 amide bonds. The Morgan fingerprint density at radius 3 is 0.859 bits per heavy atom. The van der Waals surface area contributed by atoms with E-state index in [1.807, 2.05) is 0 Å². The van der Waals surface area contributed by atoms with Crippen molar-refractivity contribution in [3.05, 3.63) is 88.5 Å². The van der Waals surface area contributed by atoms with E-state index < -0.39 is 7.92 Å². The summed E-state index contributed by atoms with van der Waals surface area (Å²) in [5.41, 5.74) is 8.18.